The molecule has 3 nitrogen and oxygen atoms in total. The van der Waals surface area contributed by atoms with Crippen molar-refractivity contribution >= 4 is 11.6 Å². The van der Waals surface area contributed by atoms with Gasteiger partial charge >= 0.3 is 0 Å². The quantitative estimate of drug-likeness (QED) is 0.905. The van der Waals surface area contributed by atoms with Crippen LogP contribution in [0.25, 0.3) is 0 Å². The van der Waals surface area contributed by atoms with Gasteiger partial charge in [-0.05, 0) is 36.2 Å². The van der Waals surface area contributed by atoms with E-state index < -0.39 is 0 Å². The molecule has 1 amide bonds. The highest BCUT2D eigenvalue weighted by Crippen LogP contribution is 2.18. The van der Waals surface area contributed by atoms with E-state index >= 15 is 0 Å². The molecule has 0 aliphatic heterocycles. The second kappa shape index (κ2) is 6.87. The van der Waals surface area contributed by atoms with E-state index in [0.29, 0.717) is 18.7 Å². The molecule has 2 aromatic carbocycles. The fraction of sp³-hybridized carbons (Fsp3) is 0.235. The summed E-state index contributed by atoms with van der Waals surface area (Å²) in [6.45, 7) is 3.29. The Morgan fingerprint density at radius 3 is 2.25 bits per heavy atom. The predicted octanol–water partition coefficient (Wildman–Crippen LogP) is 3.20. The normalized spacial score (nSPS) is 10.3. The summed E-state index contributed by atoms with van der Waals surface area (Å²) in [4.78, 5) is 14.4. The molecule has 0 aliphatic rings. The molecule has 0 saturated heterocycles. The first-order valence-electron chi connectivity index (χ1n) is 6.92. The fourth-order valence-electron chi connectivity index (χ4n) is 2.12. The Balaban J connectivity index is 2.28. The molecule has 2 rings (SSSR count). The number of carbonyl (C=O) groups is 1. The summed E-state index contributed by atoms with van der Waals surface area (Å²) in [6, 6.07) is 17.2. The van der Waals surface area contributed by atoms with Crippen LogP contribution >= 0.6 is 0 Å². The zero-order valence-electron chi connectivity index (χ0n) is 11.8. The third-order valence-corrected chi connectivity index (χ3v) is 3.20. The molecule has 0 heterocycles. The molecule has 0 bridgehead atoms. The van der Waals surface area contributed by atoms with Crippen molar-refractivity contribution in [1.82, 2.24) is 0 Å². The van der Waals surface area contributed by atoms with Crippen molar-refractivity contribution in [3.63, 3.8) is 0 Å². The van der Waals surface area contributed by atoms with E-state index in [4.69, 9.17) is 5.73 Å². The van der Waals surface area contributed by atoms with Gasteiger partial charge < -0.3 is 10.6 Å². The van der Waals surface area contributed by atoms with Crippen LogP contribution in [0.2, 0.25) is 0 Å². The van der Waals surface area contributed by atoms with E-state index in [1.54, 1.807) is 0 Å². The maximum Gasteiger partial charge on any atom is 0.258 e. The molecule has 20 heavy (non-hydrogen) atoms. The highest BCUT2D eigenvalue weighted by molar-refractivity contribution is 6.06. The molecular formula is C17H20N2O. The molecule has 0 fully saturated rings. The van der Waals surface area contributed by atoms with Gasteiger partial charge in [-0.15, -0.1) is 0 Å². The SMILES string of the molecule is CCCN(C(=O)c1ccccc1)c1ccc(CN)cc1. The van der Waals surface area contributed by atoms with Crippen molar-refractivity contribution in [3.05, 3.63) is 65.7 Å². The standard InChI is InChI=1S/C17H20N2O/c1-2-12-19(16-10-8-14(13-18)9-11-16)17(20)15-6-4-3-5-7-15/h3-11H,2,12-13,18H2,1H3. The minimum Gasteiger partial charge on any atom is -0.326 e. The molecule has 0 radical (unpaired) electrons. The summed E-state index contributed by atoms with van der Waals surface area (Å²) in [5.74, 6) is 0.0351. The van der Waals surface area contributed by atoms with E-state index in [2.05, 4.69) is 6.92 Å². The zero-order valence-corrected chi connectivity index (χ0v) is 11.8. The van der Waals surface area contributed by atoms with E-state index in [1.165, 1.54) is 0 Å². The number of anilines is 1. The number of nitrogens with zero attached hydrogens (tertiary/aromatic N) is 1. The van der Waals surface area contributed by atoms with Crippen molar-refractivity contribution in [2.75, 3.05) is 11.4 Å². The number of hydrogen-bond acceptors (Lipinski definition) is 2. The van der Waals surface area contributed by atoms with E-state index in [9.17, 15) is 4.79 Å². The number of benzene rings is 2. The first-order chi connectivity index (χ1) is 9.76. The first kappa shape index (κ1) is 14.3. The minimum absolute atomic E-state index is 0.0351. The van der Waals surface area contributed by atoms with Gasteiger partial charge in [0.15, 0.2) is 0 Å². The van der Waals surface area contributed by atoms with Crippen LogP contribution in [0, 0.1) is 0 Å². The highest BCUT2D eigenvalue weighted by Gasteiger charge is 2.16. The van der Waals surface area contributed by atoms with Gasteiger partial charge in [0.2, 0.25) is 0 Å². The summed E-state index contributed by atoms with van der Waals surface area (Å²) in [7, 11) is 0. The van der Waals surface area contributed by atoms with Crippen LogP contribution in [0.15, 0.2) is 54.6 Å². The summed E-state index contributed by atoms with van der Waals surface area (Å²) in [6.07, 6.45) is 0.914. The Morgan fingerprint density at radius 2 is 1.70 bits per heavy atom. The number of nitrogens with two attached hydrogens (primary N) is 1. The molecule has 0 atom stereocenters. The monoisotopic (exact) mass is 268 g/mol. The largest absolute Gasteiger partial charge is 0.326 e. The third kappa shape index (κ3) is 3.25. The lowest BCUT2D eigenvalue weighted by Crippen LogP contribution is -2.31. The van der Waals surface area contributed by atoms with Crippen molar-refractivity contribution in [2.45, 2.75) is 19.9 Å². The molecule has 0 aliphatic carbocycles. The lowest BCUT2D eigenvalue weighted by molar-refractivity contribution is 0.0987. The van der Waals surface area contributed by atoms with Gasteiger partial charge in [0.05, 0.1) is 0 Å². The van der Waals surface area contributed by atoms with Crippen molar-refractivity contribution < 1.29 is 4.79 Å². The van der Waals surface area contributed by atoms with Gasteiger partial charge in [-0.2, -0.15) is 0 Å². The highest BCUT2D eigenvalue weighted by atomic mass is 16.2. The molecule has 3 heteroatoms. The smallest absolute Gasteiger partial charge is 0.258 e. The fourth-order valence-corrected chi connectivity index (χ4v) is 2.12. The molecule has 104 valence electrons. The van der Waals surface area contributed by atoms with Crippen LogP contribution < -0.4 is 10.6 Å². The lowest BCUT2D eigenvalue weighted by atomic mass is 10.1. The Kier molecular flexibility index (Phi) is 4.91. The van der Waals surface area contributed by atoms with E-state index in [-0.39, 0.29) is 5.91 Å². The topological polar surface area (TPSA) is 46.3 Å². The summed E-state index contributed by atoms with van der Waals surface area (Å²) in [5, 5.41) is 0. The second-order valence-corrected chi connectivity index (χ2v) is 4.69. The zero-order chi connectivity index (χ0) is 14.4. The molecular weight excluding hydrogens is 248 g/mol. The Labute approximate surface area is 120 Å². The van der Waals surface area contributed by atoms with Crippen molar-refractivity contribution in [3.8, 4) is 0 Å². The van der Waals surface area contributed by atoms with Gasteiger partial charge in [0, 0.05) is 24.3 Å². The summed E-state index contributed by atoms with van der Waals surface area (Å²) < 4.78 is 0. The molecule has 2 aromatic rings. The Hall–Kier alpha value is -2.13. The number of carbonyl (C=O) groups excluding carboxylic acids is 1. The minimum atomic E-state index is 0.0351. The van der Waals surface area contributed by atoms with Crippen molar-refractivity contribution in [1.29, 1.82) is 0 Å². The van der Waals surface area contributed by atoms with Crippen LogP contribution in [-0.2, 0) is 6.54 Å². The van der Waals surface area contributed by atoms with Crippen LogP contribution in [-0.4, -0.2) is 12.5 Å². The number of hydrogen-bond donors (Lipinski definition) is 1. The summed E-state index contributed by atoms with van der Waals surface area (Å²) >= 11 is 0. The molecule has 2 N–H and O–H groups in total. The van der Waals surface area contributed by atoms with Gasteiger partial charge in [0.25, 0.3) is 5.91 Å². The summed E-state index contributed by atoms with van der Waals surface area (Å²) in [5.41, 5.74) is 8.30. The maximum absolute atomic E-state index is 12.6. The van der Waals surface area contributed by atoms with E-state index in [0.717, 1.165) is 17.7 Å². The Bertz CT molecular complexity index is 549. The average molecular weight is 268 g/mol. The van der Waals surface area contributed by atoms with Crippen molar-refractivity contribution in [2.24, 2.45) is 5.73 Å². The molecule has 0 saturated carbocycles. The van der Waals surface area contributed by atoms with Crippen LogP contribution in [0.3, 0.4) is 0 Å². The molecule has 0 unspecified atom stereocenters. The molecule has 0 aromatic heterocycles. The van der Waals surface area contributed by atoms with Crippen LogP contribution in [0.4, 0.5) is 5.69 Å². The van der Waals surface area contributed by atoms with Gasteiger partial charge in [-0.3, -0.25) is 4.79 Å². The Morgan fingerprint density at radius 1 is 1.05 bits per heavy atom. The number of amides is 1. The van der Waals surface area contributed by atoms with Gasteiger partial charge in [-0.25, -0.2) is 0 Å². The maximum atomic E-state index is 12.6. The average Bonchev–Trinajstić information content (AvgIpc) is 2.53. The second-order valence-electron chi connectivity index (χ2n) is 4.69. The van der Waals surface area contributed by atoms with Crippen LogP contribution in [0.5, 0.6) is 0 Å². The predicted molar refractivity (Wildman–Crippen MR) is 82.7 cm³/mol. The van der Waals surface area contributed by atoms with Crippen LogP contribution in [0.1, 0.15) is 29.3 Å². The van der Waals surface area contributed by atoms with Gasteiger partial charge in [0.1, 0.15) is 0 Å². The lowest BCUT2D eigenvalue weighted by Gasteiger charge is -2.22. The third-order valence-electron chi connectivity index (χ3n) is 3.20. The van der Waals surface area contributed by atoms with Gasteiger partial charge in [-0.1, -0.05) is 37.3 Å². The molecule has 0 spiro atoms. The van der Waals surface area contributed by atoms with E-state index in [1.807, 2.05) is 59.5 Å². The first-order valence-corrected chi connectivity index (χ1v) is 6.92. The number of rotatable bonds is 5.